The standard InChI is InChI=1S/C25H24N4O5S/c1-15-22-17(13-18(20-10-7-11-35-20)27-23(22)29(2)28-15)24(31)34-14-21(30)26-19(25(32)33-3)12-16-8-5-4-6-9-16/h4-11,13,19H,12,14H2,1-3H3,(H,26,30). The molecule has 4 rings (SSSR count). The number of amides is 1. The highest BCUT2D eigenvalue weighted by atomic mass is 32.1. The predicted molar refractivity (Wildman–Crippen MR) is 131 cm³/mol. The summed E-state index contributed by atoms with van der Waals surface area (Å²) in [4.78, 5) is 43.4. The molecule has 0 spiro atoms. The molecule has 0 saturated carbocycles. The minimum absolute atomic E-state index is 0.247. The van der Waals surface area contributed by atoms with Crippen LogP contribution in [0.15, 0.2) is 53.9 Å². The van der Waals surface area contributed by atoms with Crippen LogP contribution in [0.1, 0.15) is 21.6 Å². The minimum Gasteiger partial charge on any atom is -0.467 e. The Morgan fingerprint density at radius 1 is 1.14 bits per heavy atom. The van der Waals surface area contributed by atoms with E-state index < -0.39 is 30.5 Å². The van der Waals surface area contributed by atoms with E-state index in [1.54, 1.807) is 24.7 Å². The summed E-state index contributed by atoms with van der Waals surface area (Å²) in [7, 11) is 3.01. The lowest BCUT2D eigenvalue weighted by atomic mass is 10.1. The van der Waals surface area contributed by atoms with Crippen LogP contribution >= 0.6 is 11.3 Å². The fourth-order valence-electron chi connectivity index (χ4n) is 3.79. The van der Waals surface area contributed by atoms with Crippen LogP contribution in [0.3, 0.4) is 0 Å². The first-order chi connectivity index (χ1) is 16.9. The third-order valence-electron chi connectivity index (χ3n) is 5.40. The molecule has 180 valence electrons. The summed E-state index contributed by atoms with van der Waals surface area (Å²) in [5.74, 6) is -1.88. The van der Waals surface area contributed by atoms with E-state index in [2.05, 4.69) is 15.4 Å². The molecular weight excluding hydrogens is 468 g/mol. The van der Waals surface area contributed by atoms with Crippen molar-refractivity contribution in [2.75, 3.05) is 13.7 Å². The highest BCUT2D eigenvalue weighted by Gasteiger charge is 2.24. The number of aryl methyl sites for hydroxylation is 2. The first-order valence-corrected chi connectivity index (χ1v) is 11.7. The quantitative estimate of drug-likeness (QED) is 0.376. The molecule has 1 unspecified atom stereocenters. The zero-order valence-electron chi connectivity index (χ0n) is 19.5. The molecule has 0 bridgehead atoms. The van der Waals surface area contributed by atoms with E-state index in [-0.39, 0.29) is 12.0 Å². The van der Waals surface area contributed by atoms with Crippen LogP contribution in [0.25, 0.3) is 21.6 Å². The minimum atomic E-state index is -0.910. The predicted octanol–water partition coefficient (Wildman–Crippen LogP) is 3.06. The zero-order valence-corrected chi connectivity index (χ0v) is 20.3. The lowest BCUT2D eigenvalue weighted by Gasteiger charge is -2.16. The van der Waals surface area contributed by atoms with Crippen molar-refractivity contribution in [3.63, 3.8) is 0 Å². The van der Waals surface area contributed by atoms with Gasteiger partial charge in [-0.3, -0.25) is 9.48 Å². The van der Waals surface area contributed by atoms with Crippen LogP contribution in [0.2, 0.25) is 0 Å². The van der Waals surface area contributed by atoms with Crippen molar-refractivity contribution >= 4 is 40.2 Å². The highest BCUT2D eigenvalue weighted by molar-refractivity contribution is 7.13. The van der Waals surface area contributed by atoms with Crippen LogP contribution in [0, 0.1) is 6.92 Å². The summed E-state index contributed by atoms with van der Waals surface area (Å²) in [5.41, 5.74) is 2.90. The van der Waals surface area contributed by atoms with Crippen LogP contribution in [-0.2, 0) is 32.5 Å². The topological polar surface area (TPSA) is 112 Å². The van der Waals surface area contributed by atoms with Gasteiger partial charge in [-0.05, 0) is 30.0 Å². The Kier molecular flexibility index (Phi) is 7.21. The molecule has 0 saturated heterocycles. The molecule has 4 aromatic rings. The largest absolute Gasteiger partial charge is 0.467 e. The molecule has 0 radical (unpaired) electrons. The molecule has 0 fully saturated rings. The number of nitrogens with one attached hydrogen (secondary N) is 1. The fourth-order valence-corrected chi connectivity index (χ4v) is 4.47. The SMILES string of the molecule is COC(=O)C(Cc1ccccc1)NC(=O)COC(=O)c1cc(-c2cccs2)nc2c1c(C)nn2C. The summed E-state index contributed by atoms with van der Waals surface area (Å²) in [6.07, 6.45) is 0.247. The number of carbonyl (C=O) groups is 3. The number of ether oxygens (including phenoxy) is 2. The van der Waals surface area contributed by atoms with Crippen molar-refractivity contribution in [3.05, 3.63) is 70.7 Å². The number of thiophene rings is 1. The first kappa shape index (κ1) is 24.1. The highest BCUT2D eigenvalue weighted by Crippen LogP contribution is 2.29. The molecule has 1 N–H and O–H groups in total. The van der Waals surface area contributed by atoms with Gasteiger partial charge < -0.3 is 14.8 Å². The molecule has 10 heteroatoms. The van der Waals surface area contributed by atoms with Gasteiger partial charge in [-0.2, -0.15) is 5.10 Å². The number of hydrogen-bond donors (Lipinski definition) is 1. The van der Waals surface area contributed by atoms with E-state index in [9.17, 15) is 14.4 Å². The van der Waals surface area contributed by atoms with E-state index in [4.69, 9.17) is 9.47 Å². The van der Waals surface area contributed by atoms with Crippen LogP contribution in [0.4, 0.5) is 0 Å². The third-order valence-corrected chi connectivity index (χ3v) is 6.29. The molecule has 0 aliphatic heterocycles. The number of nitrogens with zero attached hydrogens (tertiary/aromatic N) is 3. The average Bonchev–Trinajstić information content (AvgIpc) is 3.50. The number of aromatic nitrogens is 3. The zero-order chi connectivity index (χ0) is 24.9. The van der Waals surface area contributed by atoms with Crippen molar-refractivity contribution in [1.82, 2.24) is 20.1 Å². The van der Waals surface area contributed by atoms with Gasteiger partial charge in [-0.1, -0.05) is 36.4 Å². The van der Waals surface area contributed by atoms with Gasteiger partial charge in [0.25, 0.3) is 5.91 Å². The average molecular weight is 493 g/mol. The smallest absolute Gasteiger partial charge is 0.339 e. The Hall–Kier alpha value is -4.05. The number of methoxy groups -OCH3 is 1. The lowest BCUT2D eigenvalue weighted by molar-refractivity contribution is -0.145. The van der Waals surface area contributed by atoms with Crippen molar-refractivity contribution in [2.24, 2.45) is 7.05 Å². The van der Waals surface area contributed by atoms with E-state index in [0.29, 0.717) is 22.4 Å². The fraction of sp³-hybridized carbons (Fsp3) is 0.240. The number of hydrogen-bond acceptors (Lipinski definition) is 8. The van der Waals surface area contributed by atoms with E-state index in [1.165, 1.54) is 18.4 Å². The Balaban J connectivity index is 1.51. The van der Waals surface area contributed by atoms with E-state index >= 15 is 0 Å². The number of benzene rings is 1. The number of carbonyl (C=O) groups excluding carboxylic acids is 3. The maximum atomic E-state index is 13.1. The maximum Gasteiger partial charge on any atom is 0.339 e. The van der Waals surface area contributed by atoms with E-state index in [1.807, 2.05) is 47.8 Å². The summed E-state index contributed by atoms with van der Waals surface area (Å²) >= 11 is 1.50. The summed E-state index contributed by atoms with van der Waals surface area (Å²) < 4.78 is 11.8. The van der Waals surface area contributed by atoms with Gasteiger partial charge in [-0.15, -0.1) is 11.3 Å². The second-order valence-corrected chi connectivity index (χ2v) is 8.80. The molecule has 35 heavy (non-hydrogen) atoms. The molecule has 1 atom stereocenters. The molecule has 1 amide bonds. The van der Waals surface area contributed by atoms with Gasteiger partial charge in [0.2, 0.25) is 0 Å². The lowest BCUT2D eigenvalue weighted by Crippen LogP contribution is -2.44. The van der Waals surface area contributed by atoms with Gasteiger partial charge in [0, 0.05) is 13.5 Å². The van der Waals surface area contributed by atoms with Gasteiger partial charge in [-0.25, -0.2) is 14.6 Å². The van der Waals surface area contributed by atoms with Crippen molar-refractivity contribution < 1.29 is 23.9 Å². The van der Waals surface area contributed by atoms with Gasteiger partial charge in [0.05, 0.1) is 34.3 Å². The first-order valence-electron chi connectivity index (χ1n) is 10.8. The van der Waals surface area contributed by atoms with Crippen LogP contribution in [0.5, 0.6) is 0 Å². The Bertz CT molecular complexity index is 1370. The molecule has 1 aromatic carbocycles. The number of esters is 2. The summed E-state index contributed by atoms with van der Waals surface area (Å²) in [6.45, 7) is 1.22. The molecule has 0 aliphatic rings. The number of pyridine rings is 1. The van der Waals surface area contributed by atoms with Crippen molar-refractivity contribution in [1.29, 1.82) is 0 Å². The molecule has 3 heterocycles. The van der Waals surface area contributed by atoms with Crippen molar-refractivity contribution in [3.8, 4) is 10.6 Å². The summed E-state index contributed by atoms with van der Waals surface area (Å²) in [6, 6.07) is 13.8. The second-order valence-electron chi connectivity index (χ2n) is 7.85. The van der Waals surface area contributed by atoms with Gasteiger partial charge in [0.1, 0.15) is 6.04 Å². The van der Waals surface area contributed by atoms with Crippen LogP contribution in [-0.4, -0.2) is 52.4 Å². The second kappa shape index (κ2) is 10.5. The van der Waals surface area contributed by atoms with Crippen LogP contribution < -0.4 is 5.32 Å². The van der Waals surface area contributed by atoms with Gasteiger partial charge >= 0.3 is 11.9 Å². The molecular formula is C25H24N4O5S. The monoisotopic (exact) mass is 492 g/mol. The summed E-state index contributed by atoms with van der Waals surface area (Å²) in [5, 5.41) is 9.46. The number of rotatable bonds is 8. The molecule has 9 nitrogen and oxygen atoms in total. The Morgan fingerprint density at radius 2 is 1.91 bits per heavy atom. The Labute approximate surface area is 205 Å². The van der Waals surface area contributed by atoms with Gasteiger partial charge in [0.15, 0.2) is 12.3 Å². The maximum absolute atomic E-state index is 13.1. The third kappa shape index (κ3) is 5.38. The molecule has 3 aromatic heterocycles. The Morgan fingerprint density at radius 3 is 2.60 bits per heavy atom. The normalized spacial score (nSPS) is 11.7. The van der Waals surface area contributed by atoms with Crippen molar-refractivity contribution in [2.45, 2.75) is 19.4 Å². The number of fused-ring (bicyclic) bond motifs is 1. The molecule has 0 aliphatic carbocycles. The van der Waals surface area contributed by atoms with E-state index in [0.717, 1.165) is 10.4 Å².